The molecule has 1 aliphatic carbocycles. The van der Waals surface area contributed by atoms with Crippen molar-refractivity contribution in [2.24, 2.45) is 11.0 Å². The van der Waals surface area contributed by atoms with Crippen LogP contribution < -0.4 is 5.43 Å². The van der Waals surface area contributed by atoms with E-state index in [1.165, 1.54) is 6.21 Å². The van der Waals surface area contributed by atoms with Crippen LogP contribution in [0.25, 0.3) is 11.3 Å². The van der Waals surface area contributed by atoms with Crippen LogP contribution >= 0.6 is 23.2 Å². The Morgan fingerprint density at radius 3 is 2.74 bits per heavy atom. The minimum Gasteiger partial charge on any atom is -0.455 e. The standard InChI is InChI=1S/C17H14Cl2N2O2/c1-10-6-12(7-10)17(22)21-20-9-13-3-5-16(23-13)11-2-4-14(18)15(19)8-11/h2-5,8-9,12H,1,6-7H2,(H,21,22)/b20-9-. The van der Waals surface area contributed by atoms with Crippen LogP contribution in [0.3, 0.4) is 0 Å². The number of nitrogens with one attached hydrogen (secondary N) is 1. The third-order valence-electron chi connectivity index (χ3n) is 3.64. The first-order chi connectivity index (χ1) is 11.0. The molecule has 0 spiro atoms. The summed E-state index contributed by atoms with van der Waals surface area (Å²) in [7, 11) is 0. The molecule has 4 nitrogen and oxygen atoms in total. The van der Waals surface area contributed by atoms with E-state index < -0.39 is 0 Å². The number of furan rings is 1. The number of amides is 1. The van der Waals surface area contributed by atoms with Crippen molar-refractivity contribution in [1.29, 1.82) is 0 Å². The van der Waals surface area contributed by atoms with Crippen molar-refractivity contribution in [2.45, 2.75) is 12.8 Å². The molecule has 118 valence electrons. The van der Waals surface area contributed by atoms with Gasteiger partial charge in [-0.05, 0) is 43.2 Å². The van der Waals surface area contributed by atoms with Crippen LogP contribution in [-0.4, -0.2) is 12.1 Å². The number of halogens is 2. The maximum absolute atomic E-state index is 11.7. The number of hydrogen-bond acceptors (Lipinski definition) is 3. The predicted octanol–water partition coefficient (Wildman–Crippen LogP) is 4.67. The van der Waals surface area contributed by atoms with Crippen LogP contribution in [0.15, 0.2) is 52.0 Å². The van der Waals surface area contributed by atoms with Crippen LogP contribution in [0.1, 0.15) is 18.6 Å². The Balaban J connectivity index is 1.62. The molecule has 23 heavy (non-hydrogen) atoms. The predicted molar refractivity (Wildman–Crippen MR) is 91.8 cm³/mol. The number of hydrazone groups is 1. The molecular weight excluding hydrogens is 335 g/mol. The minimum atomic E-state index is -0.0927. The average Bonchev–Trinajstić information content (AvgIpc) is 2.95. The molecule has 0 atom stereocenters. The number of benzene rings is 1. The zero-order valence-corrected chi connectivity index (χ0v) is 13.7. The number of hydrogen-bond donors (Lipinski definition) is 1. The van der Waals surface area contributed by atoms with Crippen molar-refractivity contribution < 1.29 is 9.21 Å². The van der Waals surface area contributed by atoms with Crippen LogP contribution in [0.5, 0.6) is 0 Å². The lowest BCUT2D eigenvalue weighted by molar-refractivity contribution is -0.126. The number of carbonyl (C=O) groups excluding carboxylic acids is 1. The van der Waals surface area contributed by atoms with Crippen LogP contribution in [0, 0.1) is 5.92 Å². The van der Waals surface area contributed by atoms with Gasteiger partial charge in [0, 0.05) is 11.5 Å². The van der Waals surface area contributed by atoms with Gasteiger partial charge < -0.3 is 4.42 Å². The third kappa shape index (κ3) is 3.66. The minimum absolute atomic E-state index is 0.0111. The Labute approximate surface area is 143 Å². The Morgan fingerprint density at radius 2 is 2.04 bits per heavy atom. The summed E-state index contributed by atoms with van der Waals surface area (Å²) < 4.78 is 5.65. The number of carbonyl (C=O) groups is 1. The van der Waals surface area contributed by atoms with Crippen molar-refractivity contribution in [3.05, 3.63) is 58.3 Å². The van der Waals surface area contributed by atoms with E-state index in [9.17, 15) is 4.79 Å². The smallest absolute Gasteiger partial charge is 0.243 e. The molecule has 6 heteroatoms. The fraction of sp³-hybridized carbons (Fsp3) is 0.176. The summed E-state index contributed by atoms with van der Waals surface area (Å²) in [4.78, 5) is 11.7. The van der Waals surface area contributed by atoms with E-state index in [-0.39, 0.29) is 11.8 Å². The van der Waals surface area contributed by atoms with E-state index in [1.54, 1.807) is 24.3 Å². The van der Waals surface area contributed by atoms with E-state index in [4.69, 9.17) is 27.6 Å². The van der Waals surface area contributed by atoms with Gasteiger partial charge in [-0.25, -0.2) is 5.43 Å². The molecule has 0 unspecified atom stereocenters. The van der Waals surface area contributed by atoms with Gasteiger partial charge in [-0.3, -0.25) is 4.79 Å². The summed E-state index contributed by atoms with van der Waals surface area (Å²) in [5.74, 6) is 1.07. The molecule has 2 aromatic rings. The van der Waals surface area contributed by atoms with Gasteiger partial charge in [0.25, 0.3) is 0 Å². The zero-order valence-electron chi connectivity index (χ0n) is 12.2. The molecule has 1 fully saturated rings. The summed E-state index contributed by atoms with van der Waals surface area (Å²) in [5, 5.41) is 4.87. The van der Waals surface area contributed by atoms with Gasteiger partial charge in [0.05, 0.1) is 16.3 Å². The highest BCUT2D eigenvalue weighted by atomic mass is 35.5. The zero-order chi connectivity index (χ0) is 16.4. The van der Waals surface area contributed by atoms with Gasteiger partial charge in [0.15, 0.2) is 0 Å². The van der Waals surface area contributed by atoms with Crippen molar-refractivity contribution >= 4 is 35.3 Å². The number of allylic oxidation sites excluding steroid dienone is 1. The maximum Gasteiger partial charge on any atom is 0.243 e. The fourth-order valence-electron chi connectivity index (χ4n) is 2.30. The molecule has 1 heterocycles. The molecule has 1 N–H and O–H groups in total. The van der Waals surface area contributed by atoms with E-state index >= 15 is 0 Å². The number of nitrogens with zero attached hydrogens (tertiary/aromatic N) is 1. The molecule has 0 saturated heterocycles. The molecule has 1 amide bonds. The Hall–Kier alpha value is -2.04. The summed E-state index contributed by atoms with van der Waals surface area (Å²) in [6.45, 7) is 3.81. The van der Waals surface area contributed by atoms with Gasteiger partial charge in [-0.1, -0.05) is 35.4 Å². The van der Waals surface area contributed by atoms with Gasteiger partial charge in [-0.2, -0.15) is 5.10 Å². The fourth-order valence-corrected chi connectivity index (χ4v) is 2.60. The second-order valence-corrected chi connectivity index (χ2v) is 6.23. The van der Waals surface area contributed by atoms with Gasteiger partial charge in [-0.15, -0.1) is 0 Å². The largest absolute Gasteiger partial charge is 0.455 e. The normalized spacial score (nSPS) is 15.0. The maximum atomic E-state index is 11.7. The lowest BCUT2D eigenvalue weighted by Crippen LogP contribution is -2.32. The molecule has 0 aliphatic heterocycles. The van der Waals surface area contributed by atoms with Crippen molar-refractivity contribution in [1.82, 2.24) is 5.43 Å². The molecule has 1 aromatic carbocycles. The second-order valence-electron chi connectivity index (χ2n) is 5.42. The first kappa shape index (κ1) is 15.8. The van der Waals surface area contributed by atoms with Gasteiger partial charge >= 0.3 is 0 Å². The first-order valence-electron chi connectivity index (χ1n) is 7.08. The first-order valence-corrected chi connectivity index (χ1v) is 7.83. The number of rotatable bonds is 4. The highest BCUT2D eigenvalue weighted by Gasteiger charge is 2.28. The van der Waals surface area contributed by atoms with Crippen molar-refractivity contribution in [3.8, 4) is 11.3 Å². The Morgan fingerprint density at radius 1 is 1.26 bits per heavy atom. The Bertz CT molecular complexity index is 788. The van der Waals surface area contributed by atoms with Gasteiger partial charge in [0.1, 0.15) is 11.5 Å². The van der Waals surface area contributed by atoms with Gasteiger partial charge in [0.2, 0.25) is 5.91 Å². The second kappa shape index (κ2) is 6.60. The summed E-state index contributed by atoms with van der Waals surface area (Å²) >= 11 is 11.9. The monoisotopic (exact) mass is 348 g/mol. The molecule has 0 bridgehead atoms. The van der Waals surface area contributed by atoms with E-state index in [0.717, 1.165) is 24.0 Å². The Kier molecular flexibility index (Phi) is 4.55. The quantitative estimate of drug-likeness (QED) is 0.495. The highest BCUT2D eigenvalue weighted by molar-refractivity contribution is 6.42. The summed E-state index contributed by atoms with van der Waals surface area (Å²) in [6.07, 6.45) is 2.94. The molecule has 1 saturated carbocycles. The SMILES string of the molecule is C=C1CC(C(=O)N/N=C\c2ccc(-c3ccc(Cl)c(Cl)c3)o2)C1. The molecule has 1 aromatic heterocycles. The molecule has 3 rings (SSSR count). The van der Waals surface area contributed by atoms with E-state index in [1.807, 2.05) is 6.07 Å². The van der Waals surface area contributed by atoms with E-state index in [2.05, 4.69) is 17.1 Å². The van der Waals surface area contributed by atoms with E-state index in [0.29, 0.717) is 21.6 Å². The molecular formula is C17H14Cl2N2O2. The summed E-state index contributed by atoms with van der Waals surface area (Å²) in [5.41, 5.74) is 4.43. The molecule has 1 aliphatic rings. The van der Waals surface area contributed by atoms with Crippen LogP contribution in [-0.2, 0) is 4.79 Å². The molecule has 0 radical (unpaired) electrons. The van der Waals surface area contributed by atoms with Crippen LogP contribution in [0.4, 0.5) is 0 Å². The third-order valence-corrected chi connectivity index (χ3v) is 4.38. The highest BCUT2D eigenvalue weighted by Crippen LogP contribution is 2.31. The summed E-state index contributed by atoms with van der Waals surface area (Å²) in [6, 6.07) is 8.83. The van der Waals surface area contributed by atoms with Crippen LogP contribution in [0.2, 0.25) is 10.0 Å². The van der Waals surface area contributed by atoms with Crippen molar-refractivity contribution in [3.63, 3.8) is 0 Å². The lowest BCUT2D eigenvalue weighted by atomic mass is 9.81. The average molecular weight is 349 g/mol. The lowest BCUT2D eigenvalue weighted by Gasteiger charge is -2.25. The van der Waals surface area contributed by atoms with Crippen molar-refractivity contribution in [2.75, 3.05) is 0 Å². The topological polar surface area (TPSA) is 54.6 Å².